The van der Waals surface area contributed by atoms with Crippen molar-refractivity contribution in [3.63, 3.8) is 0 Å². The van der Waals surface area contributed by atoms with Crippen molar-refractivity contribution in [2.24, 2.45) is 0 Å². The van der Waals surface area contributed by atoms with E-state index in [1.54, 1.807) is 29.2 Å². The molecule has 0 bridgehead atoms. The summed E-state index contributed by atoms with van der Waals surface area (Å²) in [4.78, 5) is 32.8. The number of para-hydroxylation sites is 1. The number of rotatable bonds is 8. The normalized spacial score (nSPS) is 11.9. The third-order valence-electron chi connectivity index (χ3n) is 10.4. The van der Waals surface area contributed by atoms with Gasteiger partial charge in [0.1, 0.15) is 11.1 Å². The molecule has 4 aromatic heterocycles. The Hall–Kier alpha value is -8.03. The number of nitrogen functional groups attached to an aromatic ring is 1. The lowest BCUT2D eigenvalue weighted by Crippen LogP contribution is -2.38. The van der Waals surface area contributed by atoms with Crippen molar-refractivity contribution in [3.8, 4) is 17.5 Å². The van der Waals surface area contributed by atoms with Gasteiger partial charge in [0.2, 0.25) is 0 Å². The number of aromatic nitrogens is 6. The molecule has 1 amide bonds. The van der Waals surface area contributed by atoms with Crippen molar-refractivity contribution in [3.05, 3.63) is 226 Å². The van der Waals surface area contributed by atoms with E-state index in [0.717, 1.165) is 16.7 Å². The number of nitrogens with two attached hydrogens (primary N) is 1. The largest absolute Gasteiger partial charge is 0.381 e. The molecular weight excluding hydrogens is 721 g/mol. The Morgan fingerprint density at radius 2 is 1.40 bits per heavy atom. The van der Waals surface area contributed by atoms with Gasteiger partial charge >= 0.3 is 0 Å². The maximum Gasteiger partial charge on any atom is 0.264 e. The van der Waals surface area contributed by atoms with Crippen LogP contribution in [0.3, 0.4) is 0 Å². The second-order valence-electron chi connectivity index (χ2n) is 13.9. The zero-order valence-electron chi connectivity index (χ0n) is 31.4. The smallest absolute Gasteiger partial charge is 0.264 e. The highest BCUT2D eigenvalue weighted by Gasteiger charge is 2.39. The van der Waals surface area contributed by atoms with Crippen LogP contribution in [0.5, 0.6) is 0 Å². The lowest BCUT2D eigenvalue weighted by atomic mass is 9.77. The monoisotopic (exact) mass is 756 g/mol. The van der Waals surface area contributed by atoms with Gasteiger partial charge in [0, 0.05) is 35.5 Å². The van der Waals surface area contributed by atoms with Gasteiger partial charge in [-0.15, -0.1) is 5.10 Å². The van der Waals surface area contributed by atoms with Crippen molar-refractivity contribution >= 4 is 28.1 Å². The number of carbonyl (C=O) groups excluding carboxylic acids is 1. The third-order valence-corrected chi connectivity index (χ3v) is 10.4. The third kappa shape index (κ3) is 6.17. The average molecular weight is 757 g/mol. The molecule has 9 aromatic rings. The van der Waals surface area contributed by atoms with Crippen LogP contribution >= 0.6 is 0 Å². The highest BCUT2D eigenvalue weighted by Crippen LogP contribution is 2.40. The number of pyridine rings is 1. The van der Waals surface area contributed by atoms with E-state index in [-0.39, 0.29) is 16.9 Å². The fourth-order valence-corrected chi connectivity index (χ4v) is 7.76. The zero-order valence-corrected chi connectivity index (χ0v) is 31.4. The molecule has 0 fully saturated rings. The van der Waals surface area contributed by atoms with Crippen LogP contribution < -0.4 is 16.6 Å². The van der Waals surface area contributed by atoms with Gasteiger partial charge in [-0.25, -0.2) is 9.50 Å². The summed E-state index contributed by atoms with van der Waals surface area (Å²) in [5, 5.41) is 13.4. The van der Waals surface area contributed by atoms with Crippen LogP contribution in [-0.4, -0.2) is 34.9 Å². The van der Waals surface area contributed by atoms with E-state index in [2.05, 4.69) is 63.6 Å². The van der Waals surface area contributed by atoms with E-state index in [1.165, 1.54) is 4.52 Å². The first kappa shape index (κ1) is 35.7. The van der Waals surface area contributed by atoms with E-state index < -0.39 is 17.5 Å². The summed E-state index contributed by atoms with van der Waals surface area (Å²) in [6, 6.07) is 49.0. The van der Waals surface area contributed by atoms with Gasteiger partial charge in [0.25, 0.3) is 11.5 Å². The van der Waals surface area contributed by atoms with Crippen LogP contribution in [0.1, 0.15) is 56.8 Å². The van der Waals surface area contributed by atoms with Crippen LogP contribution in [0.4, 0.5) is 5.82 Å². The average Bonchev–Trinajstić information content (AvgIpc) is 3.88. The number of anilines is 1. The van der Waals surface area contributed by atoms with Crippen molar-refractivity contribution in [1.29, 1.82) is 0 Å². The van der Waals surface area contributed by atoms with Gasteiger partial charge in [0.15, 0.2) is 11.5 Å². The number of hydrogen-bond acceptors (Lipinski definition) is 6. The van der Waals surface area contributed by atoms with E-state index in [9.17, 15) is 9.59 Å². The fraction of sp³-hybridized carbons (Fsp3) is 0.0625. The highest BCUT2D eigenvalue weighted by molar-refractivity contribution is 6.04. The molecule has 10 nitrogen and oxygen atoms in total. The predicted octanol–water partition coefficient (Wildman–Crippen LogP) is 7.54. The molecule has 9 rings (SSSR count). The van der Waals surface area contributed by atoms with Crippen LogP contribution in [0, 0.1) is 11.8 Å². The second-order valence-corrected chi connectivity index (χ2v) is 13.9. The Bertz CT molecular complexity index is 2960. The van der Waals surface area contributed by atoms with Gasteiger partial charge < -0.3 is 11.1 Å². The van der Waals surface area contributed by atoms with Crippen LogP contribution in [0.25, 0.3) is 22.1 Å². The molecule has 58 heavy (non-hydrogen) atoms. The van der Waals surface area contributed by atoms with E-state index in [1.807, 2.05) is 127 Å². The van der Waals surface area contributed by atoms with Crippen LogP contribution in [0.15, 0.2) is 181 Å². The molecule has 0 radical (unpaired) electrons. The molecule has 0 aliphatic rings. The molecule has 10 heteroatoms. The van der Waals surface area contributed by atoms with Crippen molar-refractivity contribution in [1.82, 2.24) is 34.3 Å². The summed E-state index contributed by atoms with van der Waals surface area (Å²) in [7, 11) is 0. The van der Waals surface area contributed by atoms with Crippen LogP contribution in [-0.2, 0) is 5.54 Å². The minimum atomic E-state index is -0.789. The Balaban J connectivity index is 1.14. The predicted molar refractivity (Wildman–Crippen MR) is 226 cm³/mol. The summed E-state index contributed by atoms with van der Waals surface area (Å²) < 4.78 is 5.06. The molecule has 0 saturated heterocycles. The Morgan fingerprint density at radius 1 is 0.776 bits per heavy atom. The standard InChI is InChI=1S/C48H36N8O2/c1-33(52-46(57)43-44(49)53-54-29-15-28-50-45(43)54)41-30-36-17-14-16-35(42(36)47(58)56(41)40-24-12-5-13-25-40)27-26-34-31-51-55(32-34)48(37-18-6-2-7-19-37,38-20-8-3-9-21-38)39-22-10-4-11-23-39/h2-25,28-33H,1H3,(H2,49,53)(H,52,57)/t33-/m0/s1. The van der Waals surface area contributed by atoms with Crippen molar-refractivity contribution in [2.45, 2.75) is 18.5 Å². The molecule has 1 atom stereocenters. The molecular formula is C48H36N8O2. The molecule has 4 heterocycles. The van der Waals surface area contributed by atoms with E-state index in [4.69, 9.17) is 10.8 Å². The lowest BCUT2D eigenvalue weighted by Gasteiger charge is -2.36. The summed E-state index contributed by atoms with van der Waals surface area (Å²) in [5.74, 6) is 6.24. The van der Waals surface area contributed by atoms with Crippen molar-refractivity contribution < 1.29 is 4.79 Å². The molecule has 0 unspecified atom stereocenters. The summed E-state index contributed by atoms with van der Waals surface area (Å²) >= 11 is 0. The Labute approximate surface area is 333 Å². The molecule has 0 saturated carbocycles. The summed E-state index contributed by atoms with van der Waals surface area (Å²) in [6.07, 6.45) is 6.98. The second kappa shape index (κ2) is 14.9. The molecule has 0 spiro atoms. The minimum Gasteiger partial charge on any atom is -0.381 e. The lowest BCUT2D eigenvalue weighted by molar-refractivity contribution is 0.0941. The molecule has 0 aliphatic heterocycles. The van der Waals surface area contributed by atoms with Gasteiger partial charge in [-0.3, -0.25) is 18.8 Å². The van der Waals surface area contributed by atoms with Gasteiger partial charge in [0.05, 0.1) is 23.2 Å². The van der Waals surface area contributed by atoms with Gasteiger partial charge in [-0.1, -0.05) is 133 Å². The topological polar surface area (TPSA) is 125 Å². The molecule has 280 valence electrons. The number of carbonyl (C=O) groups is 1. The van der Waals surface area contributed by atoms with E-state index in [0.29, 0.717) is 38.9 Å². The Kier molecular flexibility index (Phi) is 9.16. The minimum absolute atomic E-state index is 0.0574. The number of fused-ring (bicyclic) bond motifs is 2. The quantitative estimate of drug-likeness (QED) is 0.122. The number of hydrogen-bond donors (Lipinski definition) is 2. The first-order chi connectivity index (χ1) is 28.4. The fourth-order valence-electron chi connectivity index (χ4n) is 7.76. The number of nitrogens with one attached hydrogen (secondary N) is 1. The summed E-state index contributed by atoms with van der Waals surface area (Å²) in [6.45, 7) is 1.83. The number of amides is 1. The van der Waals surface area contributed by atoms with E-state index >= 15 is 0 Å². The number of nitrogens with zero attached hydrogens (tertiary/aromatic N) is 6. The highest BCUT2D eigenvalue weighted by atomic mass is 16.2. The zero-order chi connectivity index (χ0) is 39.6. The molecule has 5 aromatic carbocycles. The maximum atomic E-state index is 14.8. The van der Waals surface area contributed by atoms with Crippen molar-refractivity contribution in [2.75, 3.05) is 5.73 Å². The molecule has 0 aliphatic carbocycles. The van der Waals surface area contributed by atoms with Gasteiger partial charge in [-0.2, -0.15) is 5.10 Å². The van der Waals surface area contributed by atoms with Gasteiger partial charge in [-0.05, 0) is 59.3 Å². The first-order valence-electron chi connectivity index (χ1n) is 18.8. The maximum absolute atomic E-state index is 14.8. The summed E-state index contributed by atoms with van der Waals surface area (Å²) in [5.41, 5.74) is 11.2. The SMILES string of the molecule is C[C@H](NC(=O)c1c(N)nn2cccnc12)c1cc2cccc(C#Cc3cnn(C(c4ccccc4)(c4ccccc4)c4ccccc4)c3)c2c(=O)n1-c1ccccc1. The van der Waals surface area contributed by atoms with Crippen LogP contribution in [0.2, 0.25) is 0 Å². The number of benzene rings is 5. The first-order valence-corrected chi connectivity index (χ1v) is 18.8. The molecule has 3 N–H and O–H groups in total. The Morgan fingerprint density at radius 3 is 2.03 bits per heavy atom.